The van der Waals surface area contributed by atoms with Crippen molar-refractivity contribution in [1.82, 2.24) is 15.5 Å². The molecule has 0 atom stereocenters. The third kappa shape index (κ3) is 6.56. The number of hydrogen-bond acceptors (Lipinski definition) is 6. The SMILES string of the molecule is CCCNCc1nnc(NCCOCC(C)C)o1. The Morgan fingerprint density at radius 1 is 1.28 bits per heavy atom. The van der Waals surface area contributed by atoms with Crippen LogP contribution in [0, 0.1) is 5.92 Å². The largest absolute Gasteiger partial charge is 0.407 e. The quantitative estimate of drug-likeness (QED) is 0.620. The molecule has 0 unspecified atom stereocenters. The van der Waals surface area contributed by atoms with Crippen molar-refractivity contribution in [2.24, 2.45) is 5.92 Å². The zero-order valence-corrected chi connectivity index (χ0v) is 11.5. The van der Waals surface area contributed by atoms with E-state index in [0.29, 0.717) is 37.5 Å². The second-order valence-corrected chi connectivity index (χ2v) is 4.57. The van der Waals surface area contributed by atoms with Gasteiger partial charge in [-0.3, -0.25) is 0 Å². The van der Waals surface area contributed by atoms with Crippen LogP contribution in [-0.4, -0.2) is 36.5 Å². The zero-order chi connectivity index (χ0) is 13.2. The fourth-order valence-electron chi connectivity index (χ4n) is 1.32. The zero-order valence-electron chi connectivity index (χ0n) is 11.5. The molecule has 6 heteroatoms. The van der Waals surface area contributed by atoms with Crippen molar-refractivity contribution >= 4 is 6.01 Å². The van der Waals surface area contributed by atoms with Gasteiger partial charge in [0.25, 0.3) is 0 Å². The number of aromatic nitrogens is 2. The van der Waals surface area contributed by atoms with Gasteiger partial charge in [0.1, 0.15) is 0 Å². The van der Waals surface area contributed by atoms with Crippen LogP contribution in [0.3, 0.4) is 0 Å². The highest BCUT2D eigenvalue weighted by Crippen LogP contribution is 2.04. The number of nitrogens with zero attached hydrogens (tertiary/aromatic N) is 2. The van der Waals surface area contributed by atoms with Crippen LogP contribution in [0.15, 0.2) is 4.42 Å². The molecule has 1 rings (SSSR count). The van der Waals surface area contributed by atoms with Crippen LogP contribution < -0.4 is 10.6 Å². The molecular formula is C12H24N4O2. The van der Waals surface area contributed by atoms with Gasteiger partial charge in [-0.05, 0) is 18.9 Å². The van der Waals surface area contributed by atoms with Gasteiger partial charge in [-0.1, -0.05) is 25.9 Å². The molecule has 2 N–H and O–H groups in total. The van der Waals surface area contributed by atoms with Crippen LogP contribution in [0.2, 0.25) is 0 Å². The Bertz CT molecular complexity index is 315. The fourth-order valence-corrected chi connectivity index (χ4v) is 1.32. The van der Waals surface area contributed by atoms with E-state index < -0.39 is 0 Å². The average molecular weight is 256 g/mol. The van der Waals surface area contributed by atoms with E-state index in [-0.39, 0.29) is 0 Å². The molecule has 0 bridgehead atoms. The minimum absolute atomic E-state index is 0.455. The molecule has 0 saturated carbocycles. The Kier molecular flexibility index (Phi) is 7.36. The molecule has 0 fully saturated rings. The minimum Gasteiger partial charge on any atom is -0.407 e. The molecule has 0 aromatic carbocycles. The van der Waals surface area contributed by atoms with Crippen molar-refractivity contribution in [2.45, 2.75) is 33.7 Å². The molecular weight excluding hydrogens is 232 g/mol. The highest BCUT2D eigenvalue weighted by molar-refractivity contribution is 5.16. The third-order valence-electron chi connectivity index (χ3n) is 2.14. The summed E-state index contributed by atoms with van der Waals surface area (Å²) in [6.07, 6.45) is 1.09. The Morgan fingerprint density at radius 3 is 2.83 bits per heavy atom. The van der Waals surface area contributed by atoms with E-state index in [9.17, 15) is 0 Å². The number of nitrogens with one attached hydrogen (secondary N) is 2. The molecule has 0 aliphatic heterocycles. The molecule has 0 radical (unpaired) electrons. The van der Waals surface area contributed by atoms with Gasteiger partial charge in [0.05, 0.1) is 13.2 Å². The summed E-state index contributed by atoms with van der Waals surface area (Å²) in [7, 11) is 0. The lowest BCUT2D eigenvalue weighted by Crippen LogP contribution is -2.14. The molecule has 0 spiro atoms. The third-order valence-corrected chi connectivity index (χ3v) is 2.14. The topological polar surface area (TPSA) is 72.2 Å². The number of rotatable bonds is 10. The van der Waals surface area contributed by atoms with Crippen LogP contribution in [0.4, 0.5) is 6.01 Å². The Hall–Kier alpha value is -1.14. The molecule has 1 heterocycles. The summed E-state index contributed by atoms with van der Waals surface area (Å²) in [4.78, 5) is 0. The van der Waals surface area contributed by atoms with Gasteiger partial charge in [-0.25, -0.2) is 0 Å². The van der Waals surface area contributed by atoms with Gasteiger partial charge in [-0.2, -0.15) is 0 Å². The predicted octanol–water partition coefficient (Wildman–Crippen LogP) is 1.65. The van der Waals surface area contributed by atoms with Gasteiger partial charge in [-0.15, -0.1) is 5.10 Å². The molecule has 1 aromatic heterocycles. The van der Waals surface area contributed by atoms with Crippen molar-refractivity contribution < 1.29 is 9.15 Å². The van der Waals surface area contributed by atoms with Gasteiger partial charge < -0.3 is 19.8 Å². The molecule has 0 saturated heterocycles. The molecule has 18 heavy (non-hydrogen) atoms. The van der Waals surface area contributed by atoms with Gasteiger partial charge in [0, 0.05) is 13.2 Å². The first-order valence-corrected chi connectivity index (χ1v) is 6.57. The summed E-state index contributed by atoms with van der Waals surface area (Å²) in [6.45, 7) is 10.0. The Labute approximate surface area is 108 Å². The van der Waals surface area contributed by atoms with E-state index >= 15 is 0 Å². The predicted molar refractivity (Wildman–Crippen MR) is 70.4 cm³/mol. The number of anilines is 1. The van der Waals surface area contributed by atoms with E-state index in [1.165, 1.54) is 0 Å². The lowest BCUT2D eigenvalue weighted by molar-refractivity contribution is 0.118. The van der Waals surface area contributed by atoms with Crippen LogP contribution in [-0.2, 0) is 11.3 Å². The van der Waals surface area contributed by atoms with Gasteiger partial charge in [0.15, 0.2) is 0 Å². The number of ether oxygens (including phenoxy) is 1. The van der Waals surface area contributed by atoms with Crippen molar-refractivity contribution in [3.05, 3.63) is 5.89 Å². The van der Waals surface area contributed by atoms with E-state index in [1.807, 2.05) is 0 Å². The molecule has 1 aromatic rings. The highest BCUT2D eigenvalue weighted by Gasteiger charge is 2.04. The summed E-state index contributed by atoms with van der Waals surface area (Å²) >= 11 is 0. The van der Waals surface area contributed by atoms with E-state index in [1.54, 1.807) is 0 Å². The second kappa shape index (κ2) is 8.88. The molecule has 0 aliphatic carbocycles. The van der Waals surface area contributed by atoms with E-state index in [0.717, 1.165) is 19.6 Å². The summed E-state index contributed by atoms with van der Waals surface area (Å²) in [5.74, 6) is 1.17. The van der Waals surface area contributed by atoms with Gasteiger partial charge >= 0.3 is 6.01 Å². The van der Waals surface area contributed by atoms with Crippen molar-refractivity contribution in [2.75, 3.05) is 31.6 Å². The van der Waals surface area contributed by atoms with E-state index in [2.05, 4.69) is 41.6 Å². The maximum Gasteiger partial charge on any atom is 0.315 e. The molecule has 104 valence electrons. The second-order valence-electron chi connectivity index (χ2n) is 4.57. The highest BCUT2D eigenvalue weighted by atomic mass is 16.5. The fraction of sp³-hybridized carbons (Fsp3) is 0.833. The first-order valence-electron chi connectivity index (χ1n) is 6.57. The Balaban J connectivity index is 2.11. The van der Waals surface area contributed by atoms with Crippen LogP contribution in [0.5, 0.6) is 0 Å². The van der Waals surface area contributed by atoms with Gasteiger partial charge in [0.2, 0.25) is 5.89 Å². The van der Waals surface area contributed by atoms with Crippen molar-refractivity contribution in [3.63, 3.8) is 0 Å². The maximum absolute atomic E-state index is 5.44. The molecule has 0 aliphatic rings. The van der Waals surface area contributed by atoms with E-state index in [4.69, 9.17) is 9.15 Å². The number of hydrogen-bond donors (Lipinski definition) is 2. The maximum atomic E-state index is 5.44. The lowest BCUT2D eigenvalue weighted by Gasteiger charge is -2.06. The summed E-state index contributed by atoms with van der Waals surface area (Å²) in [5.41, 5.74) is 0. The molecule has 0 amide bonds. The van der Waals surface area contributed by atoms with Crippen LogP contribution >= 0.6 is 0 Å². The monoisotopic (exact) mass is 256 g/mol. The Morgan fingerprint density at radius 2 is 2.11 bits per heavy atom. The van der Waals surface area contributed by atoms with Crippen LogP contribution in [0.1, 0.15) is 33.1 Å². The minimum atomic E-state index is 0.455. The molecule has 6 nitrogen and oxygen atoms in total. The lowest BCUT2D eigenvalue weighted by atomic mass is 10.2. The first-order chi connectivity index (χ1) is 8.72. The summed E-state index contributed by atoms with van der Waals surface area (Å²) in [5, 5.41) is 14.1. The summed E-state index contributed by atoms with van der Waals surface area (Å²) in [6, 6.07) is 0.455. The smallest absolute Gasteiger partial charge is 0.315 e. The normalized spacial score (nSPS) is 11.1. The summed E-state index contributed by atoms with van der Waals surface area (Å²) < 4.78 is 10.8. The van der Waals surface area contributed by atoms with Crippen molar-refractivity contribution in [1.29, 1.82) is 0 Å². The van der Waals surface area contributed by atoms with Crippen LogP contribution in [0.25, 0.3) is 0 Å². The first kappa shape index (κ1) is 14.9. The standard InChI is InChI=1S/C12H24N4O2/c1-4-5-13-8-11-15-16-12(18-11)14-6-7-17-9-10(2)3/h10,13H,4-9H2,1-3H3,(H,14,16). The van der Waals surface area contributed by atoms with Crippen molar-refractivity contribution in [3.8, 4) is 0 Å². The average Bonchev–Trinajstić information content (AvgIpc) is 2.77.